The Balaban J connectivity index is 1.51. The van der Waals surface area contributed by atoms with E-state index in [1.165, 1.54) is 22.5 Å². The summed E-state index contributed by atoms with van der Waals surface area (Å²) < 4.78 is 0.553. The number of hydrogen-bond donors (Lipinski definition) is 1. The van der Waals surface area contributed by atoms with Gasteiger partial charge in [-0.1, -0.05) is 60.1 Å². The van der Waals surface area contributed by atoms with Gasteiger partial charge in [-0.2, -0.15) is 0 Å². The third kappa shape index (κ3) is 5.85. The Hall–Kier alpha value is -2.47. The molecule has 4 nitrogen and oxygen atoms in total. The number of benzene rings is 2. The standard InChI is InChI=1S/C26H27ClN2O2S/c1-29-13-11-20-8-7-19(15-21(20)12-14-29)17-23(30)22(16-18-5-3-2-4-6-18)28-26(31)24-9-10-25(27)32-24/h2-10,15,22H,11-14,16-17H2,1H3,(H,28,31)/t22-/m1/s1. The van der Waals surface area contributed by atoms with Crippen LogP contribution in [0.5, 0.6) is 0 Å². The van der Waals surface area contributed by atoms with E-state index in [4.69, 9.17) is 11.6 Å². The third-order valence-electron chi connectivity index (χ3n) is 5.95. The molecule has 0 unspecified atom stereocenters. The Morgan fingerprint density at radius 3 is 2.47 bits per heavy atom. The first-order chi connectivity index (χ1) is 15.5. The maximum atomic E-state index is 13.3. The Labute approximate surface area is 198 Å². The Bertz CT molecular complexity index is 1100. The molecule has 0 aliphatic carbocycles. The summed E-state index contributed by atoms with van der Waals surface area (Å²) in [4.78, 5) is 28.9. The molecular formula is C26H27ClN2O2S. The number of nitrogens with zero attached hydrogens (tertiary/aromatic N) is 1. The van der Waals surface area contributed by atoms with Crippen LogP contribution in [0.25, 0.3) is 0 Å². The lowest BCUT2D eigenvalue weighted by Crippen LogP contribution is -2.43. The Kier molecular flexibility index (Phi) is 7.40. The molecule has 0 saturated heterocycles. The van der Waals surface area contributed by atoms with Crippen LogP contribution in [0.2, 0.25) is 4.34 Å². The van der Waals surface area contributed by atoms with Crippen molar-refractivity contribution in [2.75, 3.05) is 20.1 Å². The fourth-order valence-electron chi connectivity index (χ4n) is 4.09. The molecule has 2 heterocycles. The van der Waals surface area contributed by atoms with Crippen molar-refractivity contribution in [1.82, 2.24) is 10.2 Å². The highest BCUT2D eigenvalue weighted by atomic mass is 35.5. The van der Waals surface area contributed by atoms with Crippen molar-refractivity contribution < 1.29 is 9.59 Å². The van der Waals surface area contributed by atoms with Gasteiger partial charge in [0.15, 0.2) is 5.78 Å². The van der Waals surface area contributed by atoms with E-state index in [0.29, 0.717) is 22.1 Å². The van der Waals surface area contributed by atoms with E-state index in [0.717, 1.165) is 37.1 Å². The highest BCUT2D eigenvalue weighted by Crippen LogP contribution is 2.22. The van der Waals surface area contributed by atoms with E-state index in [9.17, 15) is 9.59 Å². The lowest BCUT2D eigenvalue weighted by Gasteiger charge is -2.18. The van der Waals surface area contributed by atoms with Crippen molar-refractivity contribution in [3.05, 3.63) is 92.1 Å². The zero-order chi connectivity index (χ0) is 22.5. The van der Waals surface area contributed by atoms with Crippen molar-refractivity contribution in [2.45, 2.75) is 31.7 Å². The number of nitrogens with one attached hydrogen (secondary N) is 1. The molecule has 166 valence electrons. The van der Waals surface area contributed by atoms with Crippen LogP contribution in [0.15, 0.2) is 60.7 Å². The zero-order valence-electron chi connectivity index (χ0n) is 18.1. The molecule has 2 aromatic carbocycles. The van der Waals surface area contributed by atoms with Gasteiger partial charge < -0.3 is 10.2 Å². The number of carbonyl (C=O) groups excluding carboxylic acids is 2. The first-order valence-electron chi connectivity index (χ1n) is 10.9. The molecule has 1 atom stereocenters. The van der Waals surface area contributed by atoms with E-state index < -0.39 is 6.04 Å². The molecular weight excluding hydrogens is 440 g/mol. The molecule has 6 heteroatoms. The SMILES string of the molecule is CN1CCc2ccc(CC(=O)[C@@H](Cc3ccccc3)NC(=O)c3ccc(Cl)s3)cc2CC1. The topological polar surface area (TPSA) is 49.4 Å². The normalized spacial score (nSPS) is 14.9. The van der Waals surface area contributed by atoms with Crippen LogP contribution in [-0.4, -0.2) is 42.8 Å². The van der Waals surface area contributed by atoms with Crippen LogP contribution in [0.4, 0.5) is 0 Å². The lowest BCUT2D eigenvalue weighted by atomic mass is 9.94. The average molecular weight is 467 g/mol. The summed E-state index contributed by atoms with van der Waals surface area (Å²) in [5.41, 5.74) is 4.72. The van der Waals surface area contributed by atoms with Crippen molar-refractivity contribution in [3.63, 3.8) is 0 Å². The summed E-state index contributed by atoms with van der Waals surface area (Å²) in [6.07, 6.45) is 2.79. The molecule has 32 heavy (non-hydrogen) atoms. The van der Waals surface area contributed by atoms with E-state index in [1.54, 1.807) is 12.1 Å². The van der Waals surface area contributed by atoms with Crippen LogP contribution >= 0.6 is 22.9 Å². The van der Waals surface area contributed by atoms with Gasteiger partial charge in [0.2, 0.25) is 0 Å². The second kappa shape index (κ2) is 10.4. The number of thiophene rings is 1. The number of halogens is 1. The molecule has 4 rings (SSSR count). The number of fused-ring (bicyclic) bond motifs is 1. The predicted octanol–water partition coefficient (Wildman–Crippen LogP) is 4.58. The Morgan fingerprint density at radius 1 is 1.00 bits per heavy atom. The van der Waals surface area contributed by atoms with Crippen molar-refractivity contribution >= 4 is 34.6 Å². The van der Waals surface area contributed by atoms with Gasteiger partial charge >= 0.3 is 0 Å². The van der Waals surface area contributed by atoms with Gasteiger partial charge in [0, 0.05) is 19.5 Å². The molecule has 0 radical (unpaired) electrons. The van der Waals surface area contributed by atoms with Gasteiger partial charge in [0.05, 0.1) is 15.3 Å². The maximum Gasteiger partial charge on any atom is 0.261 e. The summed E-state index contributed by atoms with van der Waals surface area (Å²) in [6.45, 7) is 2.09. The van der Waals surface area contributed by atoms with E-state index in [1.807, 2.05) is 30.3 Å². The molecule has 1 aliphatic heterocycles. The van der Waals surface area contributed by atoms with E-state index >= 15 is 0 Å². The summed E-state index contributed by atoms with van der Waals surface area (Å²) in [7, 11) is 2.15. The average Bonchev–Trinajstić information content (AvgIpc) is 3.14. The number of ketones is 1. The van der Waals surface area contributed by atoms with E-state index in [2.05, 4.69) is 35.5 Å². The molecule has 1 aromatic heterocycles. The summed E-state index contributed by atoms with van der Waals surface area (Å²) >= 11 is 7.20. The number of rotatable bonds is 7. The summed E-state index contributed by atoms with van der Waals surface area (Å²) in [5, 5.41) is 2.95. The molecule has 1 amide bonds. The largest absolute Gasteiger partial charge is 0.341 e. The van der Waals surface area contributed by atoms with Gasteiger partial charge in [-0.3, -0.25) is 9.59 Å². The molecule has 0 spiro atoms. The molecule has 0 fully saturated rings. The first kappa shape index (κ1) is 22.7. The van der Waals surface area contributed by atoms with Crippen LogP contribution in [0.1, 0.15) is 31.9 Å². The minimum absolute atomic E-state index is 0.00976. The molecule has 0 saturated carbocycles. The second-order valence-electron chi connectivity index (χ2n) is 8.37. The summed E-state index contributed by atoms with van der Waals surface area (Å²) in [6, 6.07) is 19.0. The molecule has 3 aromatic rings. The third-order valence-corrected chi connectivity index (χ3v) is 7.18. The van der Waals surface area contributed by atoms with E-state index in [-0.39, 0.29) is 11.7 Å². The monoisotopic (exact) mass is 466 g/mol. The molecule has 0 bridgehead atoms. The van der Waals surface area contributed by atoms with Gasteiger partial charge in [0.25, 0.3) is 5.91 Å². The van der Waals surface area contributed by atoms with Crippen molar-refractivity contribution in [2.24, 2.45) is 0 Å². The highest BCUT2D eigenvalue weighted by Gasteiger charge is 2.23. The number of hydrogen-bond acceptors (Lipinski definition) is 4. The summed E-state index contributed by atoms with van der Waals surface area (Å²) in [5.74, 6) is -0.253. The first-order valence-corrected chi connectivity index (χ1v) is 12.1. The van der Waals surface area contributed by atoms with Gasteiger partial charge in [0.1, 0.15) is 0 Å². The van der Waals surface area contributed by atoms with Gasteiger partial charge in [-0.15, -0.1) is 11.3 Å². The second-order valence-corrected chi connectivity index (χ2v) is 10.1. The minimum atomic E-state index is -0.601. The van der Waals surface area contributed by atoms with Crippen LogP contribution in [0, 0.1) is 0 Å². The van der Waals surface area contributed by atoms with Crippen molar-refractivity contribution in [1.29, 1.82) is 0 Å². The smallest absolute Gasteiger partial charge is 0.261 e. The zero-order valence-corrected chi connectivity index (χ0v) is 19.7. The maximum absolute atomic E-state index is 13.3. The van der Waals surface area contributed by atoms with Gasteiger partial charge in [-0.05, 0) is 60.7 Å². The molecule has 1 N–H and O–H groups in total. The molecule has 1 aliphatic rings. The number of carbonyl (C=O) groups is 2. The lowest BCUT2D eigenvalue weighted by molar-refractivity contribution is -0.120. The van der Waals surface area contributed by atoms with Crippen LogP contribution in [-0.2, 0) is 30.5 Å². The fourth-order valence-corrected chi connectivity index (χ4v) is 5.03. The van der Waals surface area contributed by atoms with Crippen LogP contribution in [0.3, 0.4) is 0 Å². The predicted molar refractivity (Wildman–Crippen MR) is 131 cm³/mol. The number of likely N-dealkylation sites (N-methyl/N-ethyl adjacent to an activating group) is 1. The van der Waals surface area contributed by atoms with Gasteiger partial charge in [-0.25, -0.2) is 0 Å². The quantitative estimate of drug-likeness (QED) is 0.554. The number of Topliss-reactive ketones (excluding diaryl/α,β-unsaturated/α-hetero) is 1. The van der Waals surface area contributed by atoms with Crippen molar-refractivity contribution in [3.8, 4) is 0 Å². The minimum Gasteiger partial charge on any atom is -0.341 e. The number of amides is 1. The fraction of sp³-hybridized carbons (Fsp3) is 0.308. The van der Waals surface area contributed by atoms with Crippen LogP contribution < -0.4 is 5.32 Å². The Morgan fingerprint density at radius 2 is 1.75 bits per heavy atom. The highest BCUT2D eigenvalue weighted by molar-refractivity contribution is 7.18.